The van der Waals surface area contributed by atoms with E-state index < -0.39 is 26.5 Å². The standard InChI is InChI=1S/C23H47O7P/c1-2-3-4-5-6-7-8-9-10-11-12-13-14-15-16-17-18-19-23(25)29-20-22(24)21-30-31(26,27)28/h22,24H,2-21H2,1H3,(H2,26,27,28). The third kappa shape index (κ3) is 25.7. The monoisotopic (exact) mass is 466 g/mol. The van der Waals surface area contributed by atoms with E-state index in [0.717, 1.165) is 19.3 Å². The summed E-state index contributed by atoms with van der Waals surface area (Å²) in [5.41, 5.74) is 0. The normalized spacial score (nSPS) is 12.8. The van der Waals surface area contributed by atoms with Crippen molar-refractivity contribution in [3.8, 4) is 0 Å². The fourth-order valence-corrected chi connectivity index (χ4v) is 3.85. The predicted molar refractivity (Wildman–Crippen MR) is 124 cm³/mol. The average Bonchev–Trinajstić information content (AvgIpc) is 2.72. The lowest BCUT2D eigenvalue weighted by Gasteiger charge is -2.12. The molecule has 186 valence electrons. The number of unbranched alkanes of at least 4 members (excludes halogenated alkanes) is 16. The molecular weight excluding hydrogens is 419 g/mol. The lowest BCUT2D eigenvalue weighted by Crippen LogP contribution is -2.23. The van der Waals surface area contributed by atoms with Crippen LogP contribution in [-0.2, 0) is 18.6 Å². The summed E-state index contributed by atoms with van der Waals surface area (Å²) in [7, 11) is -4.62. The van der Waals surface area contributed by atoms with Crippen LogP contribution in [0.5, 0.6) is 0 Å². The molecule has 1 atom stereocenters. The zero-order chi connectivity index (χ0) is 23.2. The van der Waals surface area contributed by atoms with E-state index in [9.17, 15) is 14.5 Å². The van der Waals surface area contributed by atoms with E-state index in [0.29, 0.717) is 6.42 Å². The third-order valence-corrected chi connectivity index (χ3v) is 5.84. The summed E-state index contributed by atoms with van der Waals surface area (Å²) < 4.78 is 19.5. The second kappa shape index (κ2) is 21.4. The van der Waals surface area contributed by atoms with Crippen LogP contribution in [0.4, 0.5) is 0 Å². The van der Waals surface area contributed by atoms with Gasteiger partial charge in [-0.05, 0) is 6.42 Å². The van der Waals surface area contributed by atoms with E-state index in [2.05, 4.69) is 11.4 Å². The molecule has 0 aromatic carbocycles. The number of carbonyl (C=O) groups excluding carboxylic acids is 1. The highest BCUT2D eigenvalue weighted by Gasteiger charge is 2.17. The number of aliphatic hydroxyl groups excluding tert-OH is 1. The van der Waals surface area contributed by atoms with Crippen LogP contribution in [0, 0.1) is 0 Å². The molecule has 8 heteroatoms. The van der Waals surface area contributed by atoms with Crippen LogP contribution in [0.25, 0.3) is 0 Å². The number of phosphoric ester groups is 1. The maximum absolute atomic E-state index is 11.6. The van der Waals surface area contributed by atoms with Gasteiger partial charge in [0.05, 0.1) is 6.61 Å². The Balaban J connectivity index is 3.27. The van der Waals surface area contributed by atoms with Crippen molar-refractivity contribution in [1.82, 2.24) is 0 Å². The highest BCUT2D eigenvalue weighted by Crippen LogP contribution is 2.35. The van der Waals surface area contributed by atoms with E-state index in [1.165, 1.54) is 89.9 Å². The molecule has 0 fully saturated rings. The third-order valence-electron chi connectivity index (χ3n) is 5.36. The molecule has 0 rings (SSSR count). The Morgan fingerprint density at radius 1 is 0.710 bits per heavy atom. The molecule has 7 nitrogen and oxygen atoms in total. The molecule has 0 aliphatic rings. The van der Waals surface area contributed by atoms with Crippen LogP contribution in [0.15, 0.2) is 0 Å². The fourth-order valence-electron chi connectivity index (χ4n) is 3.49. The number of hydrogen-bond acceptors (Lipinski definition) is 5. The molecule has 1 unspecified atom stereocenters. The van der Waals surface area contributed by atoms with Crippen molar-refractivity contribution in [2.45, 2.75) is 129 Å². The van der Waals surface area contributed by atoms with Gasteiger partial charge in [-0.25, -0.2) is 4.57 Å². The molecule has 0 bridgehead atoms. The smallest absolute Gasteiger partial charge is 0.463 e. The minimum Gasteiger partial charge on any atom is -0.463 e. The number of carbonyl (C=O) groups is 1. The SMILES string of the molecule is CCCCCCCCCCCCCCCCCCCC(=O)OCC(O)COP(=O)(O)O. The summed E-state index contributed by atoms with van der Waals surface area (Å²) in [4.78, 5) is 28.6. The van der Waals surface area contributed by atoms with Crippen LogP contribution < -0.4 is 0 Å². The van der Waals surface area contributed by atoms with Gasteiger partial charge in [0.25, 0.3) is 0 Å². The van der Waals surface area contributed by atoms with Gasteiger partial charge in [0, 0.05) is 6.42 Å². The molecule has 0 aromatic heterocycles. The number of rotatable bonds is 23. The van der Waals surface area contributed by atoms with Crippen LogP contribution in [0.3, 0.4) is 0 Å². The fraction of sp³-hybridized carbons (Fsp3) is 0.957. The molecule has 0 aliphatic carbocycles. The van der Waals surface area contributed by atoms with E-state index >= 15 is 0 Å². The lowest BCUT2D eigenvalue weighted by molar-refractivity contribution is -0.147. The minimum absolute atomic E-state index is 0.296. The van der Waals surface area contributed by atoms with Crippen LogP contribution in [0.1, 0.15) is 122 Å². The van der Waals surface area contributed by atoms with Crippen molar-refractivity contribution in [2.24, 2.45) is 0 Å². The highest BCUT2D eigenvalue weighted by molar-refractivity contribution is 7.46. The Bertz CT molecular complexity index is 453. The second-order valence-corrected chi connectivity index (χ2v) is 9.77. The number of phosphoric acid groups is 1. The number of esters is 1. The first-order chi connectivity index (χ1) is 14.8. The second-order valence-electron chi connectivity index (χ2n) is 8.53. The van der Waals surface area contributed by atoms with Crippen molar-refractivity contribution in [2.75, 3.05) is 13.2 Å². The Kier molecular flexibility index (Phi) is 21.1. The van der Waals surface area contributed by atoms with E-state index in [1.807, 2.05) is 0 Å². The number of aliphatic hydroxyl groups is 1. The Morgan fingerprint density at radius 2 is 1.10 bits per heavy atom. The maximum atomic E-state index is 11.6. The molecule has 0 heterocycles. The maximum Gasteiger partial charge on any atom is 0.469 e. The van der Waals surface area contributed by atoms with Gasteiger partial charge in [-0.2, -0.15) is 0 Å². The van der Waals surface area contributed by atoms with Gasteiger partial charge in [0.15, 0.2) is 0 Å². The number of hydrogen-bond donors (Lipinski definition) is 3. The van der Waals surface area contributed by atoms with E-state index in [4.69, 9.17) is 14.5 Å². The molecule has 0 radical (unpaired) electrons. The van der Waals surface area contributed by atoms with Crippen molar-refractivity contribution in [3.05, 3.63) is 0 Å². The van der Waals surface area contributed by atoms with Crippen LogP contribution in [0.2, 0.25) is 0 Å². The molecule has 0 amide bonds. The van der Waals surface area contributed by atoms with Gasteiger partial charge in [-0.15, -0.1) is 0 Å². The first-order valence-electron chi connectivity index (χ1n) is 12.4. The largest absolute Gasteiger partial charge is 0.469 e. The van der Waals surface area contributed by atoms with Crippen molar-refractivity contribution in [3.63, 3.8) is 0 Å². The molecular formula is C23H47O7P. The zero-order valence-electron chi connectivity index (χ0n) is 19.6. The molecule has 3 N–H and O–H groups in total. The molecule has 0 aliphatic heterocycles. The molecule has 31 heavy (non-hydrogen) atoms. The summed E-state index contributed by atoms with van der Waals surface area (Å²) in [6.45, 7) is 1.37. The van der Waals surface area contributed by atoms with E-state index in [-0.39, 0.29) is 6.61 Å². The number of ether oxygens (including phenoxy) is 1. The quantitative estimate of drug-likeness (QED) is 0.0955. The van der Waals surface area contributed by atoms with E-state index in [1.54, 1.807) is 0 Å². The zero-order valence-corrected chi connectivity index (χ0v) is 20.5. The van der Waals surface area contributed by atoms with Gasteiger partial charge < -0.3 is 19.6 Å². The van der Waals surface area contributed by atoms with Crippen molar-refractivity contribution >= 4 is 13.8 Å². The molecule has 0 aromatic rings. The Morgan fingerprint density at radius 3 is 1.48 bits per heavy atom. The van der Waals surface area contributed by atoms with Gasteiger partial charge in [0.2, 0.25) is 0 Å². The van der Waals surface area contributed by atoms with Crippen LogP contribution >= 0.6 is 7.82 Å². The first kappa shape index (κ1) is 30.5. The summed E-state index contributed by atoms with van der Waals surface area (Å²) in [5, 5.41) is 9.44. The van der Waals surface area contributed by atoms with Gasteiger partial charge in [-0.3, -0.25) is 9.32 Å². The van der Waals surface area contributed by atoms with Gasteiger partial charge in [-0.1, -0.05) is 110 Å². The van der Waals surface area contributed by atoms with Gasteiger partial charge >= 0.3 is 13.8 Å². The molecule has 0 saturated carbocycles. The summed E-state index contributed by atoms with van der Waals surface area (Å²) in [6.07, 6.45) is 20.9. The molecule has 0 saturated heterocycles. The Hall–Kier alpha value is -0.460. The minimum atomic E-state index is -4.62. The van der Waals surface area contributed by atoms with Gasteiger partial charge in [0.1, 0.15) is 12.7 Å². The average molecular weight is 467 g/mol. The van der Waals surface area contributed by atoms with Crippen molar-refractivity contribution in [1.29, 1.82) is 0 Å². The summed E-state index contributed by atoms with van der Waals surface area (Å²) >= 11 is 0. The predicted octanol–water partition coefficient (Wildman–Crippen LogP) is 6.04. The summed E-state index contributed by atoms with van der Waals surface area (Å²) in [6, 6.07) is 0. The summed E-state index contributed by atoms with van der Waals surface area (Å²) in [5.74, 6) is -0.406. The Labute approximate surface area is 189 Å². The highest BCUT2D eigenvalue weighted by atomic mass is 31.2. The lowest BCUT2D eigenvalue weighted by atomic mass is 10.0. The topological polar surface area (TPSA) is 113 Å². The van der Waals surface area contributed by atoms with Crippen LogP contribution in [-0.4, -0.2) is 40.2 Å². The first-order valence-corrected chi connectivity index (χ1v) is 13.9. The molecule has 0 spiro atoms. The van der Waals surface area contributed by atoms with Crippen molar-refractivity contribution < 1.29 is 33.5 Å².